The van der Waals surface area contributed by atoms with Gasteiger partial charge in [-0.3, -0.25) is 0 Å². The average Bonchev–Trinajstić information content (AvgIpc) is 2.32. The van der Waals surface area contributed by atoms with Crippen molar-refractivity contribution in [2.45, 2.75) is 26.2 Å². The maximum atomic E-state index is 5.74. The van der Waals surface area contributed by atoms with E-state index in [4.69, 9.17) is 4.74 Å². The fraction of sp³-hybridized carbons (Fsp3) is 0.571. The van der Waals surface area contributed by atoms with Gasteiger partial charge in [0.25, 0.3) is 0 Å². The van der Waals surface area contributed by atoms with Crippen LogP contribution in [0.4, 0.5) is 0 Å². The Kier molecular flexibility index (Phi) is 3.83. The third kappa shape index (κ3) is 2.38. The number of benzene rings is 1. The van der Waals surface area contributed by atoms with E-state index >= 15 is 0 Å². The van der Waals surface area contributed by atoms with Gasteiger partial charge in [0.2, 0.25) is 0 Å². The van der Waals surface area contributed by atoms with Gasteiger partial charge in [-0.15, -0.1) is 0 Å². The Labute approximate surface area is 98.0 Å². The third-order valence-electron chi connectivity index (χ3n) is 3.30. The summed E-state index contributed by atoms with van der Waals surface area (Å²) in [6.45, 7) is 7.49. The molecule has 1 aliphatic heterocycles. The fourth-order valence-electron chi connectivity index (χ4n) is 2.31. The van der Waals surface area contributed by atoms with Crippen LogP contribution in [0.5, 0.6) is 5.75 Å². The van der Waals surface area contributed by atoms with Crippen molar-refractivity contribution in [1.29, 1.82) is 0 Å². The van der Waals surface area contributed by atoms with Gasteiger partial charge in [-0.2, -0.15) is 0 Å². The van der Waals surface area contributed by atoms with Crippen molar-refractivity contribution in [3.05, 3.63) is 29.8 Å². The van der Waals surface area contributed by atoms with E-state index in [1.54, 1.807) is 0 Å². The minimum atomic E-state index is 0.594. The Morgan fingerprint density at radius 2 is 2.19 bits per heavy atom. The molecule has 0 bridgehead atoms. The van der Waals surface area contributed by atoms with Crippen LogP contribution < -0.4 is 10.1 Å². The summed E-state index contributed by atoms with van der Waals surface area (Å²) < 4.78 is 5.74. The Balaban J connectivity index is 2.10. The molecule has 0 spiro atoms. The first-order chi connectivity index (χ1) is 7.83. The molecule has 1 N–H and O–H groups in total. The Bertz CT molecular complexity index is 337. The molecule has 1 aromatic rings. The zero-order valence-electron chi connectivity index (χ0n) is 10.2. The van der Waals surface area contributed by atoms with Gasteiger partial charge in [0.05, 0.1) is 6.61 Å². The molecule has 0 saturated carbocycles. The van der Waals surface area contributed by atoms with Crippen molar-refractivity contribution < 1.29 is 4.74 Å². The largest absolute Gasteiger partial charge is 0.493 e. The molecule has 0 aliphatic carbocycles. The van der Waals surface area contributed by atoms with Crippen LogP contribution in [-0.2, 0) is 0 Å². The predicted octanol–water partition coefficient (Wildman–Crippen LogP) is 2.80. The molecule has 0 amide bonds. The van der Waals surface area contributed by atoms with E-state index < -0.39 is 0 Å². The highest BCUT2D eigenvalue weighted by Crippen LogP contribution is 2.36. The highest BCUT2D eigenvalue weighted by atomic mass is 16.5. The number of ether oxygens (including phenoxy) is 1. The molecule has 2 atom stereocenters. The number of fused-ring (bicyclic) bond motifs is 1. The molecule has 2 nitrogen and oxygen atoms in total. The molecule has 1 heterocycles. The SMILES string of the molecule is CCCNCC1c2ccccc2OCC1C. The molecule has 0 fully saturated rings. The topological polar surface area (TPSA) is 21.3 Å². The summed E-state index contributed by atoms with van der Waals surface area (Å²) in [7, 11) is 0. The van der Waals surface area contributed by atoms with Crippen LogP contribution in [0.2, 0.25) is 0 Å². The minimum Gasteiger partial charge on any atom is -0.493 e. The van der Waals surface area contributed by atoms with E-state index in [1.165, 1.54) is 12.0 Å². The quantitative estimate of drug-likeness (QED) is 0.786. The first kappa shape index (κ1) is 11.5. The summed E-state index contributed by atoms with van der Waals surface area (Å²) in [4.78, 5) is 0. The second-order valence-corrected chi connectivity index (χ2v) is 4.64. The highest BCUT2D eigenvalue weighted by molar-refractivity contribution is 5.38. The molecule has 88 valence electrons. The lowest BCUT2D eigenvalue weighted by Gasteiger charge is -2.31. The first-order valence-corrected chi connectivity index (χ1v) is 6.25. The molecule has 2 heteroatoms. The predicted molar refractivity (Wildman–Crippen MR) is 67.0 cm³/mol. The van der Waals surface area contributed by atoms with Crippen LogP contribution in [0, 0.1) is 5.92 Å². The lowest BCUT2D eigenvalue weighted by atomic mass is 9.85. The molecule has 1 aliphatic rings. The van der Waals surface area contributed by atoms with Gasteiger partial charge in [0, 0.05) is 12.5 Å². The van der Waals surface area contributed by atoms with E-state index in [9.17, 15) is 0 Å². The van der Waals surface area contributed by atoms with Crippen LogP contribution >= 0.6 is 0 Å². The van der Waals surface area contributed by atoms with E-state index in [-0.39, 0.29) is 0 Å². The summed E-state index contributed by atoms with van der Waals surface area (Å²) in [5.41, 5.74) is 1.37. The summed E-state index contributed by atoms with van der Waals surface area (Å²) in [6.07, 6.45) is 1.19. The smallest absolute Gasteiger partial charge is 0.122 e. The van der Waals surface area contributed by atoms with Crippen molar-refractivity contribution in [2.24, 2.45) is 5.92 Å². The summed E-state index contributed by atoms with van der Waals surface area (Å²) in [5.74, 6) is 2.26. The van der Waals surface area contributed by atoms with Gasteiger partial charge in [0.1, 0.15) is 5.75 Å². The maximum Gasteiger partial charge on any atom is 0.122 e. The van der Waals surface area contributed by atoms with Crippen molar-refractivity contribution >= 4 is 0 Å². The number of nitrogens with one attached hydrogen (secondary N) is 1. The lowest BCUT2D eigenvalue weighted by Crippen LogP contribution is -2.32. The van der Waals surface area contributed by atoms with E-state index in [0.29, 0.717) is 11.8 Å². The normalized spacial score (nSPS) is 23.6. The first-order valence-electron chi connectivity index (χ1n) is 6.25. The monoisotopic (exact) mass is 219 g/mol. The van der Waals surface area contributed by atoms with Crippen LogP contribution in [0.15, 0.2) is 24.3 Å². The number of rotatable bonds is 4. The molecule has 0 radical (unpaired) electrons. The highest BCUT2D eigenvalue weighted by Gasteiger charge is 2.26. The van der Waals surface area contributed by atoms with Gasteiger partial charge in [-0.05, 0) is 30.5 Å². The molecular weight excluding hydrogens is 198 g/mol. The van der Waals surface area contributed by atoms with Gasteiger partial charge in [-0.1, -0.05) is 32.0 Å². The van der Waals surface area contributed by atoms with Crippen molar-refractivity contribution in [2.75, 3.05) is 19.7 Å². The number of hydrogen-bond acceptors (Lipinski definition) is 2. The summed E-state index contributed by atoms with van der Waals surface area (Å²) in [6, 6.07) is 8.43. The molecule has 1 aromatic carbocycles. The van der Waals surface area contributed by atoms with E-state index in [1.807, 2.05) is 6.07 Å². The number of para-hydroxylation sites is 1. The van der Waals surface area contributed by atoms with Crippen LogP contribution in [0.25, 0.3) is 0 Å². The van der Waals surface area contributed by atoms with Crippen LogP contribution in [-0.4, -0.2) is 19.7 Å². The zero-order chi connectivity index (χ0) is 11.4. The minimum absolute atomic E-state index is 0.594. The van der Waals surface area contributed by atoms with E-state index in [2.05, 4.69) is 37.4 Å². The molecule has 16 heavy (non-hydrogen) atoms. The van der Waals surface area contributed by atoms with Crippen molar-refractivity contribution in [1.82, 2.24) is 5.32 Å². The van der Waals surface area contributed by atoms with Gasteiger partial charge in [0.15, 0.2) is 0 Å². The summed E-state index contributed by atoms with van der Waals surface area (Å²) in [5, 5.41) is 3.52. The molecule has 2 unspecified atom stereocenters. The lowest BCUT2D eigenvalue weighted by molar-refractivity contribution is 0.203. The average molecular weight is 219 g/mol. The van der Waals surface area contributed by atoms with Gasteiger partial charge in [-0.25, -0.2) is 0 Å². The van der Waals surface area contributed by atoms with Gasteiger partial charge < -0.3 is 10.1 Å². The second kappa shape index (κ2) is 5.35. The van der Waals surface area contributed by atoms with Gasteiger partial charge >= 0.3 is 0 Å². The van der Waals surface area contributed by atoms with Crippen molar-refractivity contribution in [3.8, 4) is 5.75 Å². The fourth-order valence-corrected chi connectivity index (χ4v) is 2.31. The Morgan fingerprint density at radius 1 is 1.38 bits per heavy atom. The Hall–Kier alpha value is -1.02. The number of hydrogen-bond donors (Lipinski definition) is 1. The maximum absolute atomic E-state index is 5.74. The molecule has 0 saturated heterocycles. The molecule has 0 aromatic heterocycles. The third-order valence-corrected chi connectivity index (χ3v) is 3.30. The summed E-state index contributed by atoms with van der Waals surface area (Å²) >= 11 is 0. The molecular formula is C14H21NO. The van der Waals surface area contributed by atoms with E-state index in [0.717, 1.165) is 25.4 Å². The zero-order valence-corrected chi connectivity index (χ0v) is 10.2. The van der Waals surface area contributed by atoms with Crippen LogP contribution in [0.3, 0.4) is 0 Å². The second-order valence-electron chi connectivity index (χ2n) is 4.64. The van der Waals surface area contributed by atoms with Crippen molar-refractivity contribution in [3.63, 3.8) is 0 Å². The molecule has 2 rings (SSSR count). The standard InChI is InChI=1S/C14H21NO/c1-3-8-15-9-13-11(2)10-16-14-7-5-4-6-12(13)14/h4-7,11,13,15H,3,8-10H2,1-2H3. The van der Waals surface area contributed by atoms with Crippen LogP contribution in [0.1, 0.15) is 31.7 Å². The Morgan fingerprint density at radius 3 is 3.00 bits per heavy atom.